The maximum atomic E-state index is 12.0. The second kappa shape index (κ2) is 9.00. The Hall–Kier alpha value is -2.87. The second-order valence-corrected chi connectivity index (χ2v) is 5.32. The summed E-state index contributed by atoms with van der Waals surface area (Å²) < 4.78 is 40.1. The van der Waals surface area contributed by atoms with Gasteiger partial charge in [-0.05, 0) is 36.4 Å². The largest absolute Gasteiger partial charge is 0.411 e. The highest BCUT2D eigenvalue weighted by molar-refractivity contribution is 6.04. The van der Waals surface area contributed by atoms with E-state index in [0.717, 1.165) is 0 Å². The summed E-state index contributed by atoms with van der Waals surface area (Å²) in [6.07, 6.45) is -4.38. The number of benzene rings is 2. The first-order valence-corrected chi connectivity index (χ1v) is 7.74. The second-order valence-electron chi connectivity index (χ2n) is 5.32. The van der Waals surface area contributed by atoms with Crippen LogP contribution in [0.1, 0.15) is 20.7 Å². The van der Waals surface area contributed by atoms with E-state index in [9.17, 15) is 22.8 Å². The molecule has 5 nitrogen and oxygen atoms in total. The normalized spacial score (nSPS) is 11.0. The summed E-state index contributed by atoms with van der Waals surface area (Å²) in [5.74, 6) is -0.717. The van der Waals surface area contributed by atoms with E-state index in [2.05, 4.69) is 15.4 Å². The Kier molecular flexibility index (Phi) is 6.74. The van der Waals surface area contributed by atoms with Crippen molar-refractivity contribution in [3.63, 3.8) is 0 Å². The number of halogens is 3. The third-order valence-electron chi connectivity index (χ3n) is 3.24. The fraction of sp³-hybridized carbons (Fsp3) is 0.222. The molecule has 8 heteroatoms. The van der Waals surface area contributed by atoms with Crippen LogP contribution in [0.3, 0.4) is 0 Å². The van der Waals surface area contributed by atoms with Crippen LogP contribution in [0.4, 0.5) is 18.9 Å². The minimum Gasteiger partial charge on any atom is -0.370 e. The van der Waals surface area contributed by atoms with Gasteiger partial charge in [-0.15, -0.1) is 0 Å². The Bertz CT molecular complexity index is 732. The van der Waals surface area contributed by atoms with Crippen molar-refractivity contribution < 1.29 is 27.5 Å². The molecular weight excluding hydrogens is 349 g/mol. The number of amides is 2. The highest BCUT2D eigenvalue weighted by Gasteiger charge is 2.27. The zero-order valence-corrected chi connectivity index (χ0v) is 13.7. The zero-order chi connectivity index (χ0) is 19.0. The summed E-state index contributed by atoms with van der Waals surface area (Å²) in [5, 5.41) is 5.15. The van der Waals surface area contributed by atoms with Gasteiger partial charge in [0.1, 0.15) is 6.61 Å². The molecule has 26 heavy (non-hydrogen) atoms. The van der Waals surface area contributed by atoms with Crippen LogP contribution in [0.15, 0.2) is 54.6 Å². The van der Waals surface area contributed by atoms with E-state index in [1.165, 1.54) is 12.1 Å². The predicted octanol–water partition coefficient (Wildman–Crippen LogP) is 3.25. The Labute approximate surface area is 148 Å². The first-order valence-electron chi connectivity index (χ1n) is 7.74. The van der Waals surface area contributed by atoms with Crippen molar-refractivity contribution in [2.45, 2.75) is 6.18 Å². The van der Waals surface area contributed by atoms with Gasteiger partial charge in [0.05, 0.1) is 6.61 Å². The monoisotopic (exact) mass is 366 g/mol. The first kappa shape index (κ1) is 19.5. The lowest BCUT2D eigenvalue weighted by molar-refractivity contribution is -0.173. The molecule has 2 rings (SSSR count). The number of anilines is 1. The molecule has 0 saturated heterocycles. The zero-order valence-electron chi connectivity index (χ0n) is 13.7. The Balaban J connectivity index is 1.79. The molecule has 0 aliphatic rings. The van der Waals surface area contributed by atoms with E-state index in [4.69, 9.17) is 0 Å². The van der Waals surface area contributed by atoms with Crippen LogP contribution >= 0.6 is 0 Å². The molecule has 0 aliphatic heterocycles. The van der Waals surface area contributed by atoms with Crippen molar-refractivity contribution in [2.24, 2.45) is 0 Å². The number of carbonyl (C=O) groups is 2. The van der Waals surface area contributed by atoms with Crippen molar-refractivity contribution in [1.82, 2.24) is 5.32 Å². The van der Waals surface area contributed by atoms with Gasteiger partial charge in [-0.25, -0.2) is 0 Å². The Morgan fingerprint density at radius 1 is 0.885 bits per heavy atom. The number of hydrogen-bond donors (Lipinski definition) is 2. The topological polar surface area (TPSA) is 67.4 Å². The maximum absolute atomic E-state index is 12.0. The first-order chi connectivity index (χ1) is 12.3. The Morgan fingerprint density at radius 2 is 1.50 bits per heavy atom. The highest BCUT2D eigenvalue weighted by Crippen LogP contribution is 2.14. The van der Waals surface area contributed by atoms with Crippen LogP contribution in [0.2, 0.25) is 0 Å². The molecule has 0 radical (unpaired) electrons. The van der Waals surface area contributed by atoms with E-state index in [1.807, 2.05) is 0 Å². The van der Waals surface area contributed by atoms with E-state index in [-0.39, 0.29) is 19.1 Å². The molecule has 0 heterocycles. The molecule has 2 aromatic rings. The molecule has 0 atom stereocenters. The predicted molar refractivity (Wildman–Crippen MR) is 90.0 cm³/mol. The highest BCUT2D eigenvalue weighted by atomic mass is 19.4. The molecule has 0 aliphatic carbocycles. The molecule has 0 saturated carbocycles. The molecule has 138 valence electrons. The number of nitrogens with one attached hydrogen (secondary N) is 2. The fourth-order valence-electron chi connectivity index (χ4n) is 2.02. The van der Waals surface area contributed by atoms with Crippen LogP contribution < -0.4 is 10.6 Å². The van der Waals surface area contributed by atoms with Gasteiger partial charge < -0.3 is 15.4 Å². The molecule has 0 aromatic heterocycles. The minimum atomic E-state index is -4.38. The van der Waals surface area contributed by atoms with Gasteiger partial charge in [0.2, 0.25) is 0 Å². The maximum Gasteiger partial charge on any atom is 0.411 e. The number of rotatable bonds is 7. The lowest BCUT2D eigenvalue weighted by Crippen LogP contribution is -2.28. The van der Waals surface area contributed by atoms with Gasteiger partial charge in [0.15, 0.2) is 0 Å². The summed E-state index contributed by atoms with van der Waals surface area (Å²) in [6.45, 7) is -1.63. The smallest absolute Gasteiger partial charge is 0.370 e. The molecule has 2 aromatic carbocycles. The van der Waals surface area contributed by atoms with Crippen LogP contribution in [0.25, 0.3) is 0 Å². The lowest BCUT2D eigenvalue weighted by Gasteiger charge is -2.09. The standard InChI is InChI=1S/C18H17F3N2O3/c19-18(20,21)12-26-11-10-22-16(24)14-6-8-15(9-7-14)23-17(25)13-4-2-1-3-5-13/h1-9H,10-12H2,(H,22,24)(H,23,25). The number of hydrogen-bond acceptors (Lipinski definition) is 3. The molecular formula is C18H17F3N2O3. The molecule has 0 unspecified atom stereocenters. The molecule has 0 spiro atoms. The molecule has 2 amide bonds. The minimum absolute atomic E-state index is 0.0403. The van der Waals surface area contributed by atoms with Crippen LogP contribution in [-0.4, -0.2) is 37.7 Å². The van der Waals surface area contributed by atoms with E-state index < -0.39 is 18.7 Å². The Morgan fingerprint density at radius 3 is 2.12 bits per heavy atom. The number of ether oxygens (including phenoxy) is 1. The number of carbonyl (C=O) groups excluding carboxylic acids is 2. The van der Waals surface area contributed by atoms with Crippen molar-refractivity contribution in [1.29, 1.82) is 0 Å². The third-order valence-corrected chi connectivity index (χ3v) is 3.24. The number of alkyl halides is 3. The van der Waals surface area contributed by atoms with Crippen molar-refractivity contribution in [2.75, 3.05) is 25.1 Å². The van der Waals surface area contributed by atoms with Gasteiger partial charge in [0.25, 0.3) is 11.8 Å². The van der Waals surface area contributed by atoms with Crippen molar-refractivity contribution in [3.8, 4) is 0 Å². The summed E-state index contributed by atoms with van der Waals surface area (Å²) in [4.78, 5) is 23.9. The average Bonchev–Trinajstić information content (AvgIpc) is 2.61. The van der Waals surface area contributed by atoms with Gasteiger partial charge in [-0.2, -0.15) is 13.2 Å². The van der Waals surface area contributed by atoms with Crippen molar-refractivity contribution >= 4 is 17.5 Å². The van der Waals surface area contributed by atoms with E-state index >= 15 is 0 Å². The molecule has 0 fully saturated rings. The van der Waals surface area contributed by atoms with Gasteiger partial charge in [-0.3, -0.25) is 9.59 Å². The SMILES string of the molecule is O=C(NCCOCC(F)(F)F)c1ccc(NC(=O)c2ccccc2)cc1. The summed E-state index contributed by atoms with van der Waals surface area (Å²) in [6, 6.07) is 14.8. The van der Waals surface area contributed by atoms with Crippen LogP contribution in [0.5, 0.6) is 0 Å². The van der Waals surface area contributed by atoms with E-state index in [0.29, 0.717) is 16.8 Å². The van der Waals surface area contributed by atoms with Gasteiger partial charge in [0, 0.05) is 23.4 Å². The molecule has 2 N–H and O–H groups in total. The van der Waals surface area contributed by atoms with Crippen LogP contribution in [0, 0.1) is 0 Å². The summed E-state index contributed by atoms with van der Waals surface area (Å²) in [7, 11) is 0. The third kappa shape index (κ3) is 6.56. The van der Waals surface area contributed by atoms with Gasteiger partial charge in [-0.1, -0.05) is 18.2 Å². The lowest BCUT2D eigenvalue weighted by atomic mass is 10.1. The fourth-order valence-corrected chi connectivity index (χ4v) is 2.02. The quantitative estimate of drug-likeness (QED) is 0.740. The van der Waals surface area contributed by atoms with Crippen LogP contribution in [-0.2, 0) is 4.74 Å². The van der Waals surface area contributed by atoms with Gasteiger partial charge >= 0.3 is 6.18 Å². The summed E-state index contributed by atoms with van der Waals surface area (Å²) >= 11 is 0. The van der Waals surface area contributed by atoms with E-state index in [1.54, 1.807) is 42.5 Å². The average molecular weight is 366 g/mol. The summed E-state index contributed by atoms with van der Waals surface area (Å²) in [5.41, 5.74) is 1.34. The molecule has 0 bridgehead atoms. The van der Waals surface area contributed by atoms with Crippen molar-refractivity contribution in [3.05, 3.63) is 65.7 Å².